The predicted octanol–water partition coefficient (Wildman–Crippen LogP) is 2.26. The molecule has 0 aliphatic rings. The van der Waals surface area contributed by atoms with E-state index in [0.717, 1.165) is 0 Å². The maximum Gasteiger partial charge on any atom is 0.335 e. The fraction of sp³-hybridized carbons (Fsp3) is 0.450. The second kappa shape index (κ2) is 9.81. The zero-order valence-corrected chi connectivity index (χ0v) is 16.9. The van der Waals surface area contributed by atoms with Gasteiger partial charge in [-0.2, -0.15) is 4.98 Å². The van der Waals surface area contributed by atoms with Crippen molar-refractivity contribution in [3.05, 3.63) is 35.7 Å². The van der Waals surface area contributed by atoms with E-state index in [-0.39, 0.29) is 26.2 Å². The van der Waals surface area contributed by atoms with Crippen LogP contribution in [-0.2, 0) is 35.0 Å². The summed E-state index contributed by atoms with van der Waals surface area (Å²) >= 11 is 0. The number of aromatic nitrogens is 2. The molecule has 156 valence electrons. The fourth-order valence-corrected chi connectivity index (χ4v) is 2.72. The predicted molar refractivity (Wildman–Crippen MR) is 101 cm³/mol. The van der Waals surface area contributed by atoms with Crippen LogP contribution in [-0.4, -0.2) is 47.9 Å². The summed E-state index contributed by atoms with van der Waals surface area (Å²) in [4.78, 5) is 42.4. The molecule has 2 aromatic rings. The first-order valence-electron chi connectivity index (χ1n) is 9.30. The average Bonchev–Trinajstić information content (AvgIpc) is 3.13. The number of benzene rings is 1. The third-order valence-electron chi connectivity index (χ3n) is 4.08. The molecule has 9 nitrogen and oxygen atoms in total. The van der Waals surface area contributed by atoms with Gasteiger partial charge in [-0.05, 0) is 26.3 Å². The van der Waals surface area contributed by atoms with E-state index in [4.69, 9.17) is 18.7 Å². The molecule has 0 amide bonds. The van der Waals surface area contributed by atoms with Crippen LogP contribution < -0.4 is 0 Å². The van der Waals surface area contributed by atoms with E-state index in [1.807, 2.05) is 0 Å². The van der Waals surface area contributed by atoms with E-state index in [2.05, 4.69) is 10.1 Å². The highest BCUT2D eigenvalue weighted by Gasteiger charge is 2.57. The molecule has 0 fully saturated rings. The minimum Gasteiger partial charge on any atom is -0.465 e. The number of hydrogen-bond acceptors (Lipinski definition) is 9. The summed E-state index contributed by atoms with van der Waals surface area (Å²) in [6.45, 7) is 6.42. The number of carbonyl (C=O) groups is 3. The van der Waals surface area contributed by atoms with Gasteiger partial charge in [0.1, 0.15) is 0 Å². The third kappa shape index (κ3) is 4.79. The van der Waals surface area contributed by atoms with Crippen molar-refractivity contribution < 1.29 is 33.1 Å². The minimum atomic E-state index is -2.24. The van der Waals surface area contributed by atoms with Crippen molar-refractivity contribution in [2.75, 3.05) is 19.8 Å². The summed E-state index contributed by atoms with van der Waals surface area (Å²) in [5.41, 5.74) is -1.03. The van der Waals surface area contributed by atoms with Crippen LogP contribution in [0.5, 0.6) is 0 Å². The monoisotopic (exact) mass is 404 g/mol. The Hall–Kier alpha value is -3.23. The number of carbonyl (C=O) groups excluding carboxylic acids is 3. The molecule has 0 saturated heterocycles. The number of nitrogens with zero attached hydrogens (tertiary/aromatic N) is 2. The first-order valence-corrected chi connectivity index (χ1v) is 9.30. The Labute approximate surface area is 168 Å². The topological polar surface area (TPSA) is 118 Å². The van der Waals surface area contributed by atoms with Crippen LogP contribution >= 0.6 is 0 Å². The molecule has 0 radical (unpaired) electrons. The summed E-state index contributed by atoms with van der Waals surface area (Å²) in [5, 5.41) is 3.84. The molecule has 0 aliphatic carbocycles. The molecule has 1 aromatic heterocycles. The minimum absolute atomic E-state index is 0.00445. The molecule has 2 rings (SSSR count). The van der Waals surface area contributed by atoms with Crippen molar-refractivity contribution in [3.63, 3.8) is 0 Å². The Morgan fingerprint density at radius 1 is 0.897 bits per heavy atom. The molecule has 0 atom stereocenters. The van der Waals surface area contributed by atoms with Crippen LogP contribution in [0, 0.1) is 12.3 Å². The molecule has 0 aliphatic heterocycles. The second-order valence-electron chi connectivity index (χ2n) is 6.08. The Morgan fingerprint density at radius 2 is 1.38 bits per heavy atom. The van der Waals surface area contributed by atoms with Crippen molar-refractivity contribution in [3.8, 4) is 11.4 Å². The lowest BCUT2D eigenvalue weighted by Crippen LogP contribution is -2.51. The van der Waals surface area contributed by atoms with Crippen molar-refractivity contribution in [1.82, 2.24) is 10.1 Å². The zero-order chi connectivity index (χ0) is 21.4. The summed E-state index contributed by atoms with van der Waals surface area (Å²) in [7, 11) is 0. The van der Waals surface area contributed by atoms with Crippen LogP contribution in [0.2, 0.25) is 0 Å². The van der Waals surface area contributed by atoms with Gasteiger partial charge in [-0.3, -0.25) is 14.4 Å². The lowest BCUT2D eigenvalue weighted by atomic mass is 9.81. The van der Waals surface area contributed by atoms with Crippen molar-refractivity contribution in [1.29, 1.82) is 0 Å². The maximum atomic E-state index is 12.7. The van der Waals surface area contributed by atoms with Gasteiger partial charge in [-0.25, -0.2) is 0 Å². The highest BCUT2D eigenvalue weighted by molar-refractivity contribution is 6.18. The van der Waals surface area contributed by atoms with Gasteiger partial charge in [-0.15, -0.1) is 0 Å². The quantitative estimate of drug-likeness (QED) is 0.352. The molecule has 29 heavy (non-hydrogen) atoms. The van der Waals surface area contributed by atoms with E-state index in [9.17, 15) is 14.4 Å². The molecule has 0 bridgehead atoms. The molecule has 0 N–H and O–H groups in total. The number of rotatable bonds is 9. The van der Waals surface area contributed by atoms with E-state index in [0.29, 0.717) is 22.8 Å². The lowest BCUT2D eigenvalue weighted by molar-refractivity contribution is -0.183. The summed E-state index contributed by atoms with van der Waals surface area (Å²) in [6.07, 6.45) is -0.269. The molecule has 1 aromatic carbocycles. The zero-order valence-electron chi connectivity index (χ0n) is 16.9. The van der Waals surface area contributed by atoms with E-state index >= 15 is 0 Å². The smallest absolute Gasteiger partial charge is 0.335 e. The van der Waals surface area contributed by atoms with Crippen LogP contribution in [0.25, 0.3) is 11.4 Å². The van der Waals surface area contributed by atoms with Crippen molar-refractivity contribution in [2.45, 2.75) is 34.1 Å². The third-order valence-corrected chi connectivity index (χ3v) is 4.08. The Balaban J connectivity index is 2.43. The molecule has 9 heteroatoms. The average molecular weight is 404 g/mol. The summed E-state index contributed by atoms with van der Waals surface area (Å²) in [5.74, 6) is -2.18. The largest absolute Gasteiger partial charge is 0.465 e. The molecular weight excluding hydrogens is 380 g/mol. The standard InChI is InChI=1S/C20H24N2O7/c1-5-26-17(23)20(18(24)27-6-2,19(25)28-7-3)12-14-8-10-15(11-9-14)16-21-13(4)29-22-16/h8-11H,5-7,12H2,1-4H3. The van der Waals surface area contributed by atoms with E-state index in [1.54, 1.807) is 52.0 Å². The second-order valence-corrected chi connectivity index (χ2v) is 6.08. The fourth-order valence-electron chi connectivity index (χ4n) is 2.72. The van der Waals surface area contributed by atoms with Gasteiger partial charge >= 0.3 is 17.9 Å². The van der Waals surface area contributed by atoms with Crippen LogP contribution in [0.15, 0.2) is 28.8 Å². The molecule has 0 unspecified atom stereocenters. The van der Waals surface area contributed by atoms with Gasteiger partial charge < -0.3 is 18.7 Å². The first-order chi connectivity index (χ1) is 13.9. The molecular formula is C20H24N2O7. The van der Waals surface area contributed by atoms with Gasteiger partial charge in [0.15, 0.2) is 0 Å². The van der Waals surface area contributed by atoms with Gasteiger partial charge in [0.2, 0.25) is 11.7 Å². The number of esters is 3. The first kappa shape index (κ1) is 22.1. The van der Waals surface area contributed by atoms with Crippen molar-refractivity contribution in [2.24, 2.45) is 5.41 Å². The Morgan fingerprint density at radius 3 is 1.76 bits per heavy atom. The van der Waals surface area contributed by atoms with Crippen molar-refractivity contribution >= 4 is 17.9 Å². The van der Waals surface area contributed by atoms with Crippen LogP contribution in [0.4, 0.5) is 0 Å². The molecule has 1 heterocycles. The summed E-state index contributed by atoms with van der Waals surface area (Å²) < 4.78 is 20.1. The van der Waals surface area contributed by atoms with Gasteiger partial charge in [0.25, 0.3) is 5.41 Å². The number of aryl methyl sites for hydroxylation is 1. The Kier molecular flexibility index (Phi) is 7.46. The molecule has 0 spiro atoms. The van der Waals surface area contributed by atoms with E-state index in [1.165, 1.54) is 0 Å². The highest BCUT2D eigenvalue weighted by Crippen LogP contribution is 2.30. The maximum absolute atomic E-state index is 12.7. The van der Waals surface area contributed by atoms with Gasteiger partial charge in [0, 0.05) is 18.9 Å². The lowest BCUT2D eigenvalue weighted by Gasteiger charge is -2.27. The van der Waals surface area contributed by atoms with Crippen LogP contribution in [0.3, 0.4) is 0 Å². The summed E-state index contributed by atoms with van der Waals surface area (Å²) in [6, 6.07) is 6.72. The van der Waals surface area contributed by atoms with Crippen LogP contribution in [0.1, 0.15) is 32.2 Å². The highest BCUT2D eigenvalue weighted by atomic mass is 16.6. The number of hydrogen-bond donors (Lipinski definition) is 0. The van der Waals surface area contributed by atoms with Gasteiger partial charge in [0.05, 0.1) is 19.8 Å². The molecule has 0 saturated carbocycles. The normalized spacial score (nSPS) is 11.0. The van der Waals surface area contributed by atoms with E-state index < -0.39 is 23.3 Å². The SMILES string of the molecule is CCOC(=O)C(Cc1ccc(-c2noc(C)n2)cc1)(C(=O)OCC)C(=O)OCC. The van der Waals surface area contributed by atoms with Gasteiger partial charge in [-0.1, -0.05) is 29.4 Å². The number of ether oxygens (including phenoxy) is 3. The Bertz CT molecular complexity index is 812.